The van der Waals surface area contributed by atoms with Crippen molar-refractivity contribution in [3.8, 4) is 5.69 Å². The lowest BCUT2D eigenvalue weighted by atomic mass is 10.2. The van der Waals surface area contributed by atoms with Crippen LogP contribution in [0.5, 0.6) is 0 Å². The Morgan fingerprint density at radius 2 is 2.26 bits per heavy atom. The molecule has 0 radical (unpaired) electrons. The number of carboxylic acids is 1. The Morgan fingerprint density at radius 3 is 3.00 bits per heavy atom. The normalized spacial score (nSPS) is 17.9. The molecule has 1 unspecified atom stereocenters. The Labute approximate surface area is 132 Å². The van der Waals surface area contributed by atoms with Crippen molar-refractivity contribution in [3.63, 3.8) is 0 Å². The van der Waals surface area contributed by atoms with Gasteiger partial charge in [-0.3, -0.25) is 14.6 Å². The number of carboxylic acid groups (broad SMARTS) is 1. The molecule has 1 fully saturated rings. The number of pyridine rings is 1. The molecule has 2 aromatic heterocycles. The van der Waals surface area contributed by atoms with Crippen LogP contribution in [0.25, 0.3) is 5.69 Å². The van der Waals surface area contributed by atoms with Crippen molar-refractivity contribution < 1.29 is 19.4 Å². The summed E-state index contributed by atoms with van der Waals surface area (Å²) in [4.78, 5) is 29.1. The van der Waals surface area contributed by atoms with Crippen LogP contribution in [-0.4, -0.2) is 62.4 Å². The van der Waals surface area contributed by atoms with Crippen molar-refractivity contribution in [2.75, 3.05) is 19.7 Å². The molecule has 120 valence electrons. The minimum absolute atomic E-state index is 0.121. The zero-order valence-electron chi connectivity index (χ0n) is 12.3. The molecule has 0 bridgehead atoms. The van der Waals surface area contributed by atoms with Crippen LogP contribution in [0.2, 0.25) is 0 Å². The Kier molecular flexibility index (Phi) is 4.33. The Balaban J connectivity index is 1.75. The maximum absolute atomic E-state index is 12.6. The first kappa shape index (κ1) is 15.2. The van der Waals surface area contributed by atoms with E-state index < -0.39 is 12.1 Å². The summed E-state index contributed by atoms with van der Waals surface area (Å²) in [5.74, 6) is -1.18. The lowest BCUT2D eigenvalue weighted by Gasteiger charge is -2.32. The monoisotopic (exact) mass is 316 g/mol. The number of aromatic nitrogens is 3. The highest BCUT2D eigenvalue weighted by Gasteiger charge is 2.27. The van der Waals surface area contributed by atoms with Crippen LogP contribution in [-0.2, 0) is 9.53 Å². The van der Waals surface area contributed by atoms with Crippen molar-refractivity contribution in [1.29, 1.82) is 0 Å². The van der Waals surface area contributed by atoms with Crippen molar-refractivity contribution in [2.45, 2.75) is 12.5 Å². The number of amides is 1. The highest BCUT2D eigenvalue weighted by atomic mass is 16.5. The summed E-state index contributed by atoms with van der Waals surface area (Å²) in [7, 11) is 0. The van der Waals surface area contributed by atoms with E-state index in [2.05, 4.69) is 10.1 Å². The number of hydrogen-bond acceptors (Lipinski definition) is 5. The van der Waals surface area contributed by atoms with Gasteiger partial charge in [0.15, 0.2) is 0 Å². The van der Waals surface area contributed by atoms with Gasteiger partial charge in [0.2, 0.25) is 0 Å². The van der Waals surface area contributed by atoms with E-state index in [4.69, 9.17) is 9.84 Å². The van der Waals surface area contributed by atoms with Crippen LogP contribution >= 0.6 is 0 Å². The van der Waals surface area contributed by atoms with Gasteiger partial charge in [0.25, 0.3) is 5.91 Å². The number of nitrogens with zero attached hydrogens (tertiary/aromatic N) is 4. The predicted molar refractivity (Wildman–Crippen MR) is 79.3 cm³/mol. The number of ether oxygens (including phenoxy) is 1. The van der Waals surface area contributed by atoms with E-state index in [0.717, 1.165) is 5.69 Å². The summed E-state index contributed by atoms with van der Waals surface area (Å²) in [5, 5.41) is 13.0. The Bertz CT molecular complexity index is 701. The van der Waals surface area contributed by atoms with Gasteiger partial charge in [-0.15, -0.1) is 0 Å². The van der Waals surface area contributed by atoms with Gasteiger partial charge in [-0.05, 0) is 18.2 Å². The number of aliphatic carboxylic acids is 1. The second-order valence-corrected chi connectivity index (χ2v) is 5.19. The van der Waals surface area contributed by atoms with Gasteiger partial charge in [-0.1, -0.05) is 0 Å². The van der Waals surface area contributed by atoms with E-state index in [1.165, 1.54) is 0 Å². The highest BCUT2D eigenvalue weighted by molar-refractivity contribution is 5.92. The molecule has 0 spiro atoms. The summed E-state index contributed by atoms with van der Waals surface area (Å²) in [6.45, 7) is 0.990. The number of carbonyl (C=O) groups excluding carboxylic acids is 1. The fraction of sp³-hybridized carbons (Fsp3) is 0.333. The fourth-order valence-electron chi connectivity index (χ4n) is 2.48. The molecule has 8 heteroatoms. The Hall–Kier alpha value is -2.74. The molecule has 0 aromatic carbocycles. The molecular formula is C15H16N4O4. The summed E-state index contributed by atoms with van der Waals surface area (Å²) < 4.78 is 7.02. The number of carbonyl (C=O) groups is 2. The van der Waals surface area contributed by atoms with E-state index in [1.54, 1.807) is 46.4 Å². The largest absolute Gasteiger partial charge is 0.481 e. The minimum atomic E-state index is -0.942. The van der Waals surface area contributed by atoms with Gasteiger partial charge in [-0.25, -0.2) is 4.68 Å². The smallest absolute Gasteiger partial charge is 0.306 e. The summed E-state index contributed by atoms with van der Waals surface area (Å²) >= 11 is 0. The van der Waals surface area contributed by atoms with Gasteiger partial charge in [0.1, 0.15) is 5.69 Å². The summed E-state index contributed by atoms with van der Waals surface area (Å²) in [5.41, 5.74) is 1.04. The maximum Gasteiger partial charge on any atom is 0.306 e. The number of morpholine rings is 1. The standard InChI is InChI=1S/C15H16N4O4/c20-14(21)9-12-10-18(6-7-23-12)15(22)13-8-11(2-4-16-13)19-5-1-3-17-19/h1-5,8,12H,6-7,9-10H2,(H,20,21). The zero-order valence-corrected chi connectivity index (χ0v) is 12.3. The van der Waals surface area contributed by atoms with Crippen molar-refractivity contribution in [3.05, 3.63) is 42.5 Å². The van der Waals surface area contributed by atoms with Crippen LogP contribution in [0, 0.1) is 0 Å². The molecule has 1 N–H and O–H groups in total. The molecular weight excluding hydrogens is 300 g/mol. The van der Waals surface area contributed by atoms with Crippen LogP contribution in [0.4, 0.5) is 0 Å². The first-order valence-electron chi connectivity index (χ1n) is 7.22. The third kappa shape index (κ3) is 3.54. The summed E-state index contributed by atoms with van der Waals surface area (Å²) in [6.07, 6.45) is 4.38. The molecule has 1 saturated heterocycles. The van der Waals surface area contributed by atoms with E-state index in [0.29, 0.717) is 18.8 Å². The summed E-state index contributed by atoms with van der Waals surface area (Å²) in [6, 6.07) is 5.22. The molecule has 1 amide bonds. The van der Waals surface area contributed by atoms with Gasteiger partial charge >= 0.3 is 5.97 Å². The molecule has 0 aliphatic carbocycles. The number of hydrogen-bond donors (Lipinski definition) is 1. The second-order valence-electron chi connectivity index (χ2n) is 5.19. The molecule has 2 aromatic rings. The lowest BCUT2D eigenvalue weighted by molar-refractivity contribution is -0.141. The third-order valence-electron chi connectivity index (χ3n) is 3.56. The highest BCUT2D eigenvalue weighted by Crippen LogP contribution is 2.14. The van der Waals surface area contributed by atoms with Crippen molar-refractivity contribution in [1.82, 2.24) is 19.7 Å². The van der Waals surface area contributed by atoms with Crippen LogP contribution in [0.3, 0.4) is 0 Å². The van der Waals surface area contributed by atoms with E-state index >= 15 is 0 Å². The number of rotatable bonds is 4. The molecule has 23 heavy (non-hydrogen) atoms. The van der Waals surface area contributed by atoms with Crippen LogP contribution in [0.1, 0.15) is 16.9 Å². The van der Waals surface area contributed by atoms with E-state index in [9.17, 15) is 9.59 Å². The zero-order chi connectivity index (χ0) is 16.2. The molecule has 3 heterocycles. The predicted octanol–water partition coefficient (Wildman–Crippen LogP) is 0.583. The molecule has 3 rings (SSSR count). The SMILES string of the molecule is O=C(O)CC1CN(C(=O)c2cc(-n3cccn3)ccn2)CCO1. The van der Waals surface area contributed by atoms with E-state index in [-0.39, 0.29) is 18.9 Å². The van der Waals surface area contributed by atoms with Gasteiger partial charge in [0.05, 0.1) is 24.8 Å². The van der Waals surface area contributed by atoms with Gasteiger partial charge in [-0.2, -0.15) is 5.10 Å². The Morgan fingerprint density at radius 1 is 1.39 bits per heavy atom. The van der Waals surface area contributed by atoms with Crippen LogP contribution in [0.15, 0.2) is 36.8 Å². The third-order valence-corrected chi connectivity index (χ3v) is 3.56. The first-order valence-corrected chi connectivity index (χ1v) is 7.22. The van der Waals surface area contributed by atoms with E-state index in [1.807, 2.05) is 0 Å². The maximum atomic E-state index is 12.6. The minimum Gasteiger partial charge on any atom is -0.481 e. The molecule has 1 atom stereocenters. The average Bonchev–Trinajstić information content (AvgIpc) is 3.08. The van der Waals surface area contributed by atoms with Gasteiger partial charge < -0.3 is 14.7 Å². The fourth-order valence-corrected chi connectivity index (χ4v) is 2.48. The first-order chi connectivity index (χ1) is 11.1. The van der Waals surface area contributed by atoms with Crippen LogP contribution < -0.4 is 0 Å². The quantitative estimate of drug-likeness (QED) is 0.886. The molecule has 1 aliphatic heterocycles. The van der Waals surface area contributed by atoms with Crippen molar-refractivity contribution in [2.24, 2.45) is 0 Å². The second kappa shape index (κ2) is 6.57. The molecule has 1 aliphatic rings. The van der Waals surface area contributed by atoms with Crippen molar-refractivity contribution >= 4 is 11.9 Å². The molecule has 8 nitrogen and oxygen atoms in total. The van der Waals surface area contributed by atoms with Gasteiger partial charge in [0, 0.05) is 31.7 Å². The topological polar surface area (TPSA) is 97.6 Å². The lowest BCUT2D eigenvalue weighted by Crippen LogP contribution is -2.46. The average molecular weight is 316 g/mol. The molecule has 0 saturated carbocycles.